The fourth-order valence-electron chi connectivity index (χ4n) is 1.72. The van der Waals surface area contributed by atoms with Crippen molar-refractivity contribution in [1.82, 2.24) is 9.88 Å². The van der Waals surface area contributed by atoms with Gasteiger partial charge in [-0.2, -0.15) is 0 Å². The van der Waals surface area contributed by atoms with E-state index in [1.54, 1.807) is 0 Å². The molecule has 1 atom stereocenters. The van der Waals surface area contributed by atoms with Crippen LogP contribution >= 0.6 is 11.8 Å². The largest absolute Gasteiger partial charge is 0.387 e. The molecular formula is C14H24N2OS. The van der Waals surface area contributed by atoms with Gasteiger partial charge in [-0.05, 0) is 31.6 Å². The van der Waals surface area contributed by atoms with Crippen molar-refractivity contribution in [3.63, 3.8) is 0 Å². The highest BCUT2D eigenvalue weighted by Gasteiger charge is 2.06. The highest BCUT2D eigenvalue weighted by atomic mass is 32.2. The molecule has 0 aliphatic carbocycles. The van der Waals surface area contributed by atoms with Gasteiger partial charge in [0.05, 0.1) is 11.8 Å². The average Bonchev–Trinajstić information content (AvgIpc) is 2.43. The second-order valence-electron chi connectivity index (χ2n) is 4.22. The molecule has 0 saturated carbocycles. The summed E-state index contributed by atoms with van der Waals surface area (Å²) in [5, 5.41) is 9.66. The number of hydrogen-bond donors (Lipinski definition) is 1. The Balaban J connectivity index is 2.39. The van der Waals surface area contributed by atoms with Crippen molar-refractivity contribution in [2.45, 2.75) is 38.2 Å². The normalized spacial score (nSPS) is 12.9. The Kier molecular flexibility index (Phi) is 7.32. The molecule has 0 aliphatic heterocycles. The number of aliphatic hydroxyl groups excluding tert-OH is 1. The van der Waals surface area contributed by atoms with Gasteiger partial charge < -0.3 is 10.0 Å². The standard InChI is InChI=1S/C14H24N2OS/c1-4-14(17)13-8-7-12(11-15-13)18-10-9-16(5-2)6-3/h7-8,11,14,17H,4-6,9-10H2,1-3H3/t14-/m1/s1. The second kappa shape index (κ2) is 8.51. The summed E-state index contributed by atoms with van der Waals surface area (Å²) in [7, 11) is 0. The maximum atomic E-state index is 9.66. The summed E-state index contributed by atoms with van der Waals surface area (Å²) in [5.41, 5.74) is 0.769. The molecule has 0 unspecified atom stereocenters. The van der Waals surface area contributed by atoms with Gasteiger partial charge in [-0.3, -0.25) is 4.98 Å². The zero-order valence-corrected chi connectivity index (χ0v) is 12.4. The summed E-state index contributed by atoms with van der Waals surface area (Å²) in [6.07, 6.45) is 2.14. The van der Waals surface area contributed by atoms with Crippen LogP contribution in [-0.2, 0) is 0 Å². The van der Waals surface area contributed by atoms with E-state index in [1.165, 1.54) is 4.90 Å². The van der Waals surface area contributed by atoms with Crippen LogP contribution in [0.5, 0.6) is 0 Å². The second-order valence-corrected chi connectivity index (χ2v) is 5.39. The molecular weight excluding hydrogens is 244 g/mol. The highest BCUT2D eigenvalue weighted by molar-refractivity contribution is 7.99. The molecule has 0 saturated heterocycles. The zero-order chi connectivity index (χ0) is 13.4. The predicted octanol–water partition coefficient (Wildman–Crippen LogP) is 2.96. The topological polar surface area (TPSA) is 36.4 Å². The first-order chi connectivity index (χ1) is 8.71. The lowest BCUT2D eigenvalue weighted by Gasteiger charge is -2.17. The Morgan fingerprint density at radius 3 is 2.50 bits per heavy atom. The molecule has 0 spiro atoms. The smallest absolute Gasteiger partial charge is 0.0957 e. The number of rotatable bonds is 8. The quantitative estimate of drug-likeness (QED) is 0.735. The van der Waals surface area contributed by atoms with Gasteiger partial charge in [-0.1, -0.05) is 20.8 Å². The Bertz CT molecular complexity index is 325. The molecule has 18 heavy (non-hydrogen) atoms. The van der Waals surface area contributed by atoms with Crippen molar-refractivity contribution >= 4 is 11.8 Å². The number of hydrogen-bond acceptors (Lipinski definition) is 4. The lowest BCUT2D eigenvalue weighted by atomic mass is 10.2. The molecule has 102 valence electrons. The average molecular weight is 268 g/mol. The van der Waals surface area contributed by atoms with E-state index < -0.39 is 6.10 Å². The Morgan fingerprint density at radius 1 is 1.28 bits per heavy atom. The van der Waals surface area contributed by atoms with Crippen LogP contribution in [-0.4, -0.2) is 40.4 Å². The van der Waals surface area contributed by atoms with Crippen LogP contribution in [0.1, 0.15) is 39.0 Å². The molecule has 0 aliphatic rings. The number of thioether (sulfide) groups is 1. The summed E-state index contributed by atoms with van der Waals surface area (Å²) in [5.74, 6) is 1.08. The minimum Gasteiger partial charge on any atom is -0.387 e. The van der Waals surface area contributed by atoms with E-state index >= 15 is 0 Å². The molecule has 0 aromatic carbocycles. The number of nitrogens with zero attached hydrogens (tertiary/aromatic N) is 2. The van der Waals surface area contributed by atoms with Crippen molar-refractivity contribution in [3.8, 4) is 0 Å². The van der Waals surface area contributed by atoms with E-state index in [2.05, 4.69) is 23.7 Å². The molecule has 1 heterocycles. The minimum absolute atomic E-state index is 0.431. The van der Waals surface area contributed by atoms with Gasteiger partial charge in [0, 0.05) is 23.4 Å². The van der Waals surface area contributed by atoms with Crippen molar-refractivity contribution < 1.29 is 5.11 Å². The third-order valence-corrected chi connectivity index (χ3v) is 4.02. The Labute approximate surface area is 115 Å². The minimum atomic E-state index is -0.431. The monoisotopic (exact) mass is 268 g/mol. The van der Waals surface area contributed by atoms with Crippen LogP contribution in [0.15, 0.2) is 23.2 Å². The first kappa shape index (κ1) is 15.5. The van der Waals surface area contributed by atoms with Gasteiger partial charge in [0.15, 0.2) is 0 Å². The molecule has 1 aromatic heterocycles. The summed E-state index contributed by atoms with van der Waals surface area (Å²) in [6, 6.07) is 3.97. The van der Waals surface area contributed by atoms with Gasteiger partial charge in [0.1, 0.15) is 0 Å². The molecule has 4 heteroatoms. The van der Waals surface area contributed by atoms with Gasteiger partial charge in [0.2, 0.25) is 0 Å². The predicted molar refractivity (Wildman–Crippen MR) is 78.0 cm³/mol. The van der Waals surface area contributed by atoms with Crippen LogP contribution in [0.2, 0.25) is 0 Å². The third-order valence-electron chi connectivity index (χ3n) is 3.06. The fraction of sp³-hybridized carbons (Fsp3) is 0.643. The van der Waals surface area contributed by atoms with E-state index in [0.717, 1.165) is 31.1 Å². The van der Waals surface area contributed by atoms with E-state index in [0.29, 0.717) is 6.42 Å². The molecule has 0 amide bonds. The molecule has 0 bridgehead atoms. The first-order valence-corrected chi connectivity index (χ1v) is 7.68. The third kappa shape index (κ3) is 4.96. The van der Waals surface area contributed by atoms with Crippen molar-refractivity contribution in [3.05, 3.63) is 24.0 Å². The summed E-state index contributed by atoms with van der Waals surface area (Å²) in [6.45, 7) is 9.66. The van der Waals surface area contributed by atoms with Gasteiger partial charge in [-0.15, -0.1) is 11.8 Å². The maximum Gasteiger partial charge on any atom is 0.0957 e. The summed E-state index contributed by atoms with van der Waals surface area (Å²) >= 11 is 1.82. The molecule has 1 N–H and O–H groups in total. The van der Waals surface area contributed by atoms with Crippen LogP contribution in [0, 0.1) is 0 Å². The van der Waals surface area contributed by atoms with Crippen molar-refractivity contribution in [2.75, 3.05) is 25.4 Å². The SMILES string of the molecule is CC[C@@H](O)c1ccc(SCCN(CC)CC)cn1. The molecule has 1 rings (SSSR count). The number of aliphatic hydroxyl groups is 1. The first-order valence-electron chi connectivity index (χ1n) is 6.70. The lowest BCUT2D eigenvalue weighted by Crippen LogP contribution is -2.25. The molecule has 1 aromatic rings. The van der Waals surface area contributed by atoms with E-state index in [4.69, 9.17) is 0 Å². The lowest BCUT2D eigenvalue weighted by molar-refractivity contribution is 0.169. The molecule has 0 radical (unpaired) electrons. The van der Waals surface area contributed by atoms with Crippen LogP contribution in [0.25, 0.3) is 0 Å². The zero-order valence-electron chi connectivity index (χ0n) is 11.6. The molecule has 3 nitrogen and oxygen atoms in total. The maximum absolute atomic E-state index is 9.66. The van der Waals surface area contributed by atoms with Gasteiger partial charge in [0.25, 0.3) is 0 Å². The van der Waals surface area contributed by atoms with Crippen LogP contribution < -0.4 is 0 Å². The highest BCUT2D eigenvalue weighted by Crippen LogP contribution is 2.20. The van der Waals surface area contributed by atoms with E-state index in [-0.39, 0.29) is 0 Å². The van der Waals surface area contributed by atoms with Crippen LogP contribution in [0.3, 0.4) is 0 Å². The Morgan fingerprint density at radius 2 is 2.00 bits per heavy atom. The van der Waals surface area contributed by atoms with Crippen molar-refractivity contribution in [1.29, 1.82) is 0 Å². The van der Waals surface area contributed by atoms with Gasteiger partial charge >= 0.3 is 0 Å². The molecule has 0 fully saturated rings. The van der Waals surface area contributed by atoms with E-state index in [9.17, 15) is 5.11 Å². The summed E-state index contributed by atoms with van der Waals surface area (Å²) < 4.78 is 0. The summed E-state index contributed by atoms with van der Waals surface area (Å²) in [4.78, 5) is 7.89. The number of aromatic nitrogens is 1. The van der Waals surface area contributed by atoms with Crippen molar-refractivity contribution in [2.24, 2.45) is 0 Å². The fourth-order valence-corrected chi connectivity index (χ4v) is 2.59. The number of pyridine rings is 1. The van der Waals surface area contributed by atoms with Gasteiger partial charge in [-0.25, -0.2) is 0 Å². The van der Waals surface area contributed by atoms with Crippen LogP contribution in [0.4, 0.5) is 0 Å². The van der Waals surface area contributed by atoms with E-state index in [1.807, 2.05) is 37.0 Å². The Hall–Kier alpha value is -0.580.